The van der Waals surface area contributed by atoms with Gasteiger partial charge in [-0.15, -0.1) is 0 Å². The lowest BCUT2D eigenvalue weighted by Gasteiger charge is -2.43. The number of piperidine rings is 1. The number of ether oxygens (including phenoxy) is 1. The van der Waals surface area contributed by atoms with Crippen molar-refractivity contribution in [2.45, 2.75) is 173 Å². The summed E-state index contributed by atoms with van der Waals surface area (Å²) in [7, 11) is -3.66. The van der Waals surface area contributed by atoms with Crippen LogP contribution in [0.5, 0.6) is 0 Å². The maximum Gasteiger partial charge on any atom is 0.397 e. The molecule has 2 fully saturated rings. The zero-order valence-electron chi connectivity index (χ0n) is 40.8. The van der Waals surface area contributed by atoms with Crippen LogP contribution in [0.4, 0.5) is 0 Å². The molecule has 1 aliphatic carbocycles. The number of nitrogens with two attached hydrogens (primary N) is 1. The molecule has 3 atom stereocenters. The van der Waals surface area contributed by atoms with Crippen LogP contribution >= 0.6 is 7.60 Å². The Labute approximate surface area is 395 Å². The predicted molar refractivity (Wildman–Crippen MR) is 258 cm³/mol. The number of nitrogens with zero attached hydrogens (tertiary/aromatic N) is 1. The summed E-state index contributed by atoms with van der Waals surface area (Å²) in [5.74, 6) is -5.43. The maximum absolute atomic E-state index is 15.0. The quantitative estimate of drug-likeness (QED) is 0.0480. The summed E-state index contributed by atoms with van der Waals surface area (Å²) in [6, 6.07) is 18.8. The van der Waals surface area contributed by atoms with E-state index in [4.69, 9.17) is 19.5 Å². The molecule has 1 heterocycles. The minimum Gasteiger partial charge on any atom is -0.453 e. The summed E-state index contributed by atoms with van der Waals surface area (Å²) in [5, 5.41) is 10.9. The van der Waals surface area contributed by atoms with E-state index in [1.165, 1.54) is 4.90 Å². The van der Waals surface area contributed by atoms with Crippen LogP contribution in [-0.2, 0) is 59.7 Å². The number of nitrogens with one attached hydrogen (secondary N) is 3. The molecule has 0 bridgehead atoms. The van der Waals surface area contributed by atoms with Gasteiger partial charge in [-0.2, -0.15) is 0 Å². The Hall–Kier alpha value is -5.11. The van der Waals surface area contributed by atoms with Crippen molar-refractivity contribution in [2.75, 3.05) is 13.1 Å². The molecule has 3 aromatic rings. The smallest absolute Gasteiger partial charge is 0.397 e. The van der Waals surface area contributed by atoms with E-state index in [-0.39, 0.29) is 32.1 Å². The zero-order chi connectivity index (χ0) is 49.4. The van der Waals surface area contributed by atoms with Crippen molar-refractivity contribution in [3.05, 3.63) is 83.4 Å². The van der Waals surface area contributed by atoms with Crippen LogP contribution < -0.4 is 21.7 Å². The molecular formula is C51H72N5O10P. The highest BCUT2D eigenvalue weighted by Gasteiger charge is 2.48. The van der Waals surface area contributed by atoms with Crippen LogP contribution in [-0.4, -0.2) is 87.9 Å². The number of fused-ring (bicyclic) bond motifs is 1. The molecule has 15 nitrogen and oxygen atoms in total. The highest BCUT2D eigenvalue weighted by Crippen LogP contribution is 2.57. The van der Waals surface area contributed by atoms with Gasteiger partial charge in [0.15, 0.2) is 0 Å². The monoisotopic (exact) mass is 946 g/mol. The van der Waals surface area contributed by atoms with Gasteiger partial charge in [-0.05, 0) is 128 Å². The number of carbonyl (C=O) groups is 6. The van der Waals surface area contributed by atoms with Crippen molar-refractivity contribution >= 4 is 53.9 Å². The van der Waals surface area contributed by atoms with Gasteiger partial charge in [0, 0.05) is 19.0 Å². The van der Waals surface area contributed by atoms with Crippen molar-refractivity contribution in [3.63, 3.8) is 0 Å². The molecule has 1 saturated carbocycles. The number of likely N-dealkylation sites (tertiary alicyclic amines) is 1. The summed E-state index contributed by atoms with van der Waals surface area (Å²) in [6.45, 7) is 16.1. The number of benzene rings is 3. The number of hydrogen-bond acceptors (Lipinski definition) is 10. The molecular weight excluding hydrogens is 874 g/mol. The van der Waals surface area contributed by atoms with Gasteiger partial charge in [0.25, 0.3) is 0 Å². The fraction of sp³-hybridized carbons (Fsp3) is 0.569. The molecule has 366 valence electrons. The highest BCUT2D eigenvalue weighted by molar-refractivity contribution is 7.53. The van der Waals surface area contributed by atoms with E-state index in [1.807, 2.05) is 36.4 Å². The van der Waals surface area contributed by atoms with Gasteiger partial charge in [0.1, 0.15) is 23.2 Å². The molecule has 5 amide bonds. The molecule has 0 aromatic heterocycles. The predicted octanol–water partition coefficient (Wildman–Crippen LogP) is 7.51. The lowest BCUT2D eigenvalue weighted by molar-refractivity contribution is -0.170. The minimum atomic E-state index is -3.66. The molecule has 67 heavy (non-hydrogen) atoms. The number of primary amides is 1. The number of aryl methyl sites for hydroxylation is 1. The van der Waals surface area contributed by atoms with Gasteiger partial charge in [-0.1, -0.05) is 86.0 Å². The van der Waals surface area contributed by atoms with Gasteiger partial charge in [0.2, 0.25) is 23.6 Å². The van der Waals surface area contributed by atoms with E-state index in [2.05, 4.69) is 22.0 Å². The van der Waals surface area contributed by atoms with Crippen LogP contribution in [0.2, 0.25) is 0 Å². The SMILES string of the molecule is CC(C)(C)OC(=O)C(=O)N1CCC[C@H](c2ccc(CP(=O)(OC(C)(C)C)OC(C)(C)C)cc2)[C@H]1C(=O)NC1(C(=O)N[C@@H](CC(N)=O)C(=O)NCCCc2cccc3ccccc23)CCCCC1. The number of esters is 1. The molecule has 16 heteroatoms. The summed E-state index contributed by atoms with van der Waals surface area (Å²) in [6.07, 6.45) is 4.09. The average molecular weight is 946 g/mol. The number of rotatable bonds is 16. The van der Waals surface area contributed by atoms with Crippen LogP contribution in [0.1, 0.15) is 143 Å². The summed E-state index contributed by atoms with van der Waals surface area (Å²) in [5.41, 5.74) is 4.05. The maximum atomic E-state index is 15.0. The zero-order valence-corrected chi connectivity index (χ0v) is 41.7. The standard InChI is InChI=1S/C51H72N5O10P/c1-48(2,3)64-46(61)45(60)56-31-17-23-39(37-26-24-34(25-27-37)33-67(63,65-49(4,5)6)66-50(7,8)9)42(56)44(59)55-51(28-13-10-14-29-51)47(62)54-40(32-41(52)57)43(58)53-30-16-21-36-20-15-19-35-18-11-12-22-38(35)36/h11-12,15,18-20,22,24-27,39-40,42H,10,13-14,16-17,21,23,28-33H2,1-9H3,(H2,52,57)(H,53,58)(H,54,62)(H,55,59)/t39-,40+,42+/m1/s1. The Bertz CT molecular complexity index is 2280. The second-order valence-corrected chi connectivity index (χ2v) is 22.9. The average Bonchev–Trinajstić information content (AvgIpc) is 3.22. The van der Waals surface area contributed by atoms with Gasteiger partial charge < -0.3 is 40.4 Å². The fourth-order valence-corrected chi connectivity index (χ4v) is 11.5. The lowest BCUT2D eigenvalue weighted by atomic mass is 9.78. The van der Waals surface area contributed by atoms with Crippen molar-refractivity contribution < 1.29 is 47.1 Å². The number of hydrogen-bond donors (Lipinski definition) is 4. The Morgan fingerprint density at radius 3 is 2.04 bits per heavy atom. The molecule has 3 aromatic carbocycles. The first-order valence-corrected chi connectivity index (χ1v) is 25.3. The van der Waals surface area contributed by atoms with E-state index in [1.54, 1.807) is 86.6 Å². The third kappa shape index (κ3) is 15.2. The van der Waals surface area contributed by atoms with Crippen molar-refractivity contribution in [2.24, 2.45) is 5.73 Å². The Morgan fingerprint density at radius 2 is 1.43 bits per heavy atom. The molecule has 0 radical (unpaired) electrons. The molecule has 1 aliphatic heterocycles. The summed E-state index contributed by atoms with van der Waals surface area (Å²) < 4.78 is 31.7. The van der Waals surface area contributed by atoms with E-state index in [9.17, 15) is 28.5 Å². The largest absolute Gasteiger partial charge is 0.453 e. The second-order valence-electron chi connectivity index (χ2n) is 21.0. The second kappa shape index (κ2) is 21.9. The van der Waals surface area contributed by atoms with Crippen LogP contribution in [0, 0.1) is 0 Å². The number of carbonyl (C=O) groups excluding carboxylic acids is 6. The Kier molecular flexibility index (Phi) is 17.3. The molecule has 0 unspecified atom stereocenters. The summed E-state index contributed by atoms with van der Waals surface area (Å²) >= 11 is 0. The van der Waals surface area contributed by atoms with Crippen LogP contribution in [0.3, 0.4) is 0 Å². The topological polar surface area (TPSA) is 213 Å². The van der Waals surface area contributed by atoms with E-state index >= 15 is 4.79 Å². The summed E-state index contributed by atoms with van der Waals surface area (Å²) in [4.78, 5) is 84.2. The fourth-order valence-electron chi connectivity index (χ4n) is 9.05. The van der Waals surface area contributed by atoms with Gasteiger partial charge in [-0.3, -0.25) is 28.5 Å². The van der Waals surface area contributed by atoms with Crippen LogP contribution in [0.25, 0.3) is 10.8 Å². The molecule has 5 N–H and O–H groups in total. The first-order valence-electron chi connectivity index (χ1n) is 23.6. The van der Waals surface area contributed by atoms with Gasteiger partial charge >= 0.3 is 19.5 Å². The first kappa shape index (κ1) is 52.9. The van der Waals surface area contributed by atoms with Gasteiger partial charge in [0.05, 0.1) is 23.8 Å². The van der Waals surface area contributed by atoms with Crippen molar-refractivity contribution in [1.29, 1.82) is 0 Å². The number of amides is 5. The molecule has 5 rings (SSSR count). The molecule has 1 saturated heterocycles. The highest BCUT2D eigenvalue weighted by atomic mass is 31.2. The van der Waals surface area contributed by atoms with E-state index in [0.717, 1.165) is 22.8 Å². The minimum absolute atomic E-state index is 0.0167. The third-order valence-corrected chi connectivity index (χ3v) is 14.1. The third-order valence-electron chi connectivity index (χ3n) is 11.7. The van der Waals surface area contributed by atoms with Crippen molar-refractivity contribution in [1.82, 2.24) is 20.9 Å². The van der Waals surface area contributed by atoms with E-state index in [0.29, 0.717) is 49.7 Å². The van der Waals surface area contributed by atoms with Gasteiger partial charge in [-0.25, -0.2) is 4.79 Å². The Balaban J connectivity index is 1.39. The van der Waals surface area contributed by atoms with Crippen LogP contribution in [0.15, 0.2) is 66.7 Å². The molecule has 0 spiro atoms. The van der Waals surface area contributed by atoms with Crippen molar-refractivity contribution in [3.8, 4) is 0 Å². The lowest BCUT2D eigenvalue weighted by Crippen LogP contribution is -2.66. The first-order chi connectivity index (χ1) is 31.3. The van der Waals surface area contributed by atoms with E-state index < -0.39 is 89.9 Å². The normalized spacial score (nSPS) is 18.4. The molecule has 2 aliphatic rings. The Morgan fingerprint density at radius 1 is 0.806 bits per heavy atom.